The van der Waals surface area contributed by atoms with Gasteiger partial charge in [-0.15, -0.1) is 0 Å². The van der Waals surface area contributed by atoms with Crippen LogP contribution < -0.4 is 21.1 Å². The predicted octanol–water partition coefficient (Wildman–Crippen LogP) is 2.90. The number of ether oxygens (including phenoxy) is 1. The van der Waals surface area contributed by atoms with Crippen LogP contribution in [0.4, 0.5) is 5.69 Å². The zero-order chi connectivity index (χ0) is 20.8. The Morgan fingerprint density at radius 1 is 1.28 bits per heavy atom. The number of piperidine rings is 1. The number of anilines is 1. The highest BCUT2D eigenvalue weighted by atomic mass is 16.5. The van der Waals surface area contributed by atoms with Crippen molar-refractivity contribution in [2.45, 2.75) is 38.3 Å². The van der Waals surface area contributed by atoms with Crippen LogP contribution in [-0.4, -0.2) is 36.1 Å². The van der Waals surface area contributed by atoms with E-state index in [0.29, 0.717) is 22.6 Å². The fraction of sp³-hybridized carbons (Fsp3) is 0.364. The lowest BCUT2D eigenvalue weighted by atomic mass is 10.0. The molecule has 0 saturated carbocycles. The fourth-order valence-corrected chi connectivity index (χ4v) is 3.43. The number of benzene rings is 2. The highest BCUT2D eigenvalue weighted by Crippen LogP contribution is 2.27. The normalized spacial score (nSPS) is 15.5. The van der Waals surface area contributed by atoms with Crippen molar-refractivity contribution in [2.75, 3.05) is 18.4 Å². The van der Waals surface area contributed by atoms with Crippen molar-refractivity contribution in [3.63, 3.8) is 0 Å². The smallest absolute Gasteiger partial charge is 0.330 e. The van der Waals surface area contributed by atoms with E-state index in [1.807, 2.05) is 25.1 Å². The maximum atomic E-state index is 12.0. The molecule has 29 heavy (non-hydrogen) atoms. The topological polar surface area (TPSA) is 120 Å². The number of nitrogens with one attached hydrogen (secondary N) is 3. The van der Waals surface area contributed by atoms with Crippen LogP contribution in [0.15, 0.2) is 42.5 Å². The Kier molecular flexibility index (Phi) is 6.72. The third-order valence-corrected chi connectivity index (χ3v) is 5.07. The number of nitrogens with two attached hydrogens (primary N) is 1. The minimum absolute atomic E-state index is 0.0262. The molecule has 1 heterocycles. The molecular weight excluding hydrogens is 368 g/mol. The second kappa shape index (κ2) is 9.43. The van der Waals surface area contributed by atoms with E-state index >= 15 is 0 Å². The summed E-state index contributed by atoms with van der Waals surface area (Å²) in [5, 5.41) is 23.7. The van der Waals surface area contributed by atoms with Crippen LogP contribution >= 0.6 is 0 Å². The molecule has 1 unspecified atom stereocenters. The van der Waals surface area contributed by atoms with Crippen LogP contribution in [0.3, 0.4) is 0 Å². The molecule has 1 aliphatic heterocycles. The molecule has 1 aliphatic rings. The Hall–Kier alpha value is -3.06. The first kappa shape index (κ1) is 20.7. The Labute approximate surface area is 170 Å². The number of nitrogen functional groups attached to an aromatic ring is 1. The Balaban J connectivity index is 1.84. The molecule has 1 saturated heterocycles. The van der Waals surface area contributed by atoms with Gasteiger partial charge in [-0.25, -0.2) is 4.79 Å². The van der Waals surface area contributed by atoms with Gasteiger partial charge in [-0.1, -0.05) is 13.0 Å². The number of carboxylic acid groups (broad SMARTS) is 1. The molecule has 2 aromatic rings. The number of aryl methyl sites for hydroxylation is 1. The molecule has 0 amide bonds. The van der Waals surface area contributed by atoms with Crippen molar-refractivity contribution in [3.05, 3.63) is 59.2 Å². The average Bonchev–Trinajstić information content (AvgIpc) is 2.72. The molecule has 7 nitrogen and oxygen atoms in total. The molecular formula is C22H28N4O3. The maximum absolute atomic E-state index is 12.0. The first-order valence-electron chi connectivity index (χ1n) is 9.91. The monoisotopic (exact) mass is 396 g/mol. The van der Waals surface area contributed by atoms with Crippen molar-refractivity contribution in [1.82, 2.24) is 5.32 Å². The van der Waals surface area contributed by atoms with E-state index in [2.05, 4.69) is 10.6 Å². The predicted molar refractivity (Wildman–Crippen MR) is 114 cm³/mol. The van der Waals surface area contributed by atoms with Gasteiger partial charge < -0.3 is 26.2 Å². The number of aliphatic carboxylic acids is 1. The lowest BCUT2D eigenvalue weighted by molar-refractivity contribution is -0.138. The molecule has 0 radical (unpaired) electrons. The van der Waals surface area contributed by atoms with Crippen LogP contribution in [-0.2, 0) is 11.2 Å². The molecule has 3 rings (SSSR count). The van der Waals surface area contributed by atoms with E-state index < -0.39 is 12.0 Å². The summed E-state index contributed by atoms with van der Waals surface area (Å²) in [5.41, 5.74) is 8.40. The van der Waals surface area contributed by atoms with Gasteiger partial charge in [-0.3, -0.25) is 5.41 Å². The highest BCUT2D eigenvalue weighted by Gasteiger charge is 2.22. The molecule has 0 aliphatic carbocycles. The largest absolute Gasteiger partial charge is 0.490 e. The molecule has 1 atom stereocenters. The zero-order valence-electron chi connectivity index (χ0n) is 16.6. The summed E-state index contributed by atoms with van der Waals surface area (Å²) in [4.78, 5) is 12.0. The summed E-state index contributed by atoms with van der Waals surface area (Å²) < 4.78 is 6.16. The molecule has 2 aromatic carbocycles. The first-order valence-corrected chi connectivity index (χ1v) is 9.91. The lowest BCUT2D eigenvalue weighted by Gasteiger charge is -2.25. The summed E-state index contributed by atoms with van der Waals surface area (Å²) in [6, 6.07) is 11.6. The van der Waals surface area contributed by atoms with Gasteiger partial charge >= 0.3 is 5.97 Å². The van der Waals surface area contributed by atoms with E-state index in [1.54, 1.807) is 24.3 Å². The van der Waals surface area contributed by atoms with Crippen molar-refractivity contribution < 1.29 is 14.6 Å². The molecule has 7 heteroatoms. The average molecular weight is 396 g/mol. The van der Waals surface area contributed by atoms with Gasteiger partial charge in [-0.2, -0.15) is 0 Å². The van der Waals surface area contributed by atoms with Gasteiger partial charge in [0.25, 0.3) is 0 Å². The minimum atomic E-state index is -0.971. The van der Waals surface area contributed by atoms with Crippen molar-refractivity contribution >= 4 is 17.5 Å². The van der Waals surface area contributed by atoms with Crippen LogP contribution in [0.1, 0.15) is 42.5 Å². The van der Waals surface area contributed by atoms with Crippen LogP contribution in [0.2, 0.25) is 0 Å². The number of amidine groups is 1. The van der Waals surface area contributed by atoms with E-state index in [-0.39, 0.29) is 11.9 Å². The van der Waals surface area contributed by atoms with Gasteiger partial charge in [0.1, 0.15) is 17.7 Å². The SMILES string of the molecule is CCc1cc(OC2CCNCC2)cc(C(Nc2ccc(C(=N)N)cc2)C(=O)O)c1. The van der Waals surface area contributed by atoms with Gasteiger partial charge in [-0.05, 0) is 79.9 Å². The van der Waals surface area contributed by atoms with Gasteiger partial charge in [0.15, 0.2) is 6.04 Å². The Morgan fingerprint density at radius 3 is 2.55 bits per heavy atom. The van der Waals surface area contributed by atoms with Gasteiger partial charge in [0.2, 0.25) is 0 Å². The highest BCUT2D eigenvalue weighted by molar-refractivity contribution is 5.95. The summed E-state index contributed by atoms with van der Waals surface area (Å²) in [5.74, 6) is -0.283. The fourth-order valence-electron chi connectivity index (χ4n) is 3.43. The van der Waals surface area contributed by atoms with Crippen molar-refractivity contribution in [1.29, 1.82) is 5.41 Å². The molecule has 0 aromatic heterocycles. The summed E-state index contributed by atoms with van der Waals surface area (Å²) >= 11 is 0. The van der Waals surface area contributed by atoms with Crippen molar-refractivity contribution in [3.8, 4) is 5.75 Å². The van der Waals surface area contributed by atoms with Gasteiger partial charge in [0, 0.05) is 11.3 Å². The number of rotatable bonds is 8. The van der Waals surface area contributed by atoms with Crippen molar-refractivity contribution in [2.24, 2.45) is 5.73 Å². The number of hydrogen-bond acceptors (Lipinski definition) is 5. The lowest BCUT2D eigenvalue weighted by Crippen LogP contribution is -2.34. The van der Waals surface area contributed by atoms with Crippen LogP contribution in [0.25, 0.3) is 0 Å². The van der Waals surface area contributed by atoms with Crippen LogP contribution in [0.5, 0.6) is 5.75 Å². The molecule has 0 spiro atoms. The minimum Gasteiger partial charge on any atom is -0.490 e. The third-order valence-electron chi connectivity index (χ3n) is 5.07. The second-order valence-corrected chi connectivity index (χ2v) is 7.24. The standard InChI is InChI=1S/C22H28N4O3/c1-2-14-11-16(13-19(12-14)29-18-7-9-25-10-8-18)20(22(27)28)26-17-5-3-15(4-6-17)21(23)24/h3-6,11-13,18,20,25-26H,2,7-10H2,1H3,(H3,23,24)(H,27,28). The second-order valence-electron chi connectivity index (χ2n) is 7.24. The van der Waals surface area contributed by atoms with E-state index in [0.717, 1.165) is 37.9 Å². The first-order chi connectivity index (χ1) is 14.0. The quantitative estimate of drug-likeness (QED) is 0.346. The summed E-state index contributed by atoms with van der Waals surface area (Å²) in [6.07, 6.45) is 2.81. The Morgan fingerprint density at radius 2 is 1.97 bits per heavy atom. The number of carbonyl (C=O) groups is 1. The van der Waals surface area contributed by atoms with E-state index in [4.69, 9.17) is 15.9 Å². The number of carboxylic acids is 1. The summed E-state index contributed by atoms with van der Waals surface area (Å²) in [6.45, 7) is 3.90. The number of hydrogen-bond donors (Lipinski definition) is 5. The molecule has 1 fully saturated rings. The molecule has 154 valence electrons. The molecule has 0 bridgehead atoms. The van der Waals surface area contributed by atoms with E-state index in [9.17, 15) is 9.90 Å². The maximum Gasteiger partial charge on any atom is 0.330 e. The Bertz CT molecular complexity index is 861. The molecule has 6 N–H and O–H groups in total. The third kappa shape index (κ3) is 5.48. The van der Waals surface area contributed by atoms with Crippen LogP contribution in [0, 0.1) is 5.41 Å². The van der Waals surface area contributed by atoms with E-state index in [1.165, 1.54) is 0 Å². The summed E-state index contributed by atoms with van der Waals surface area (Å²) in [7, 11) is 0. The zero-order valence-corrected chi connectivity index (χ0v) is 16.6. The van der Waals surface area contributed by atoms with Gasteiger partial charge in [0.05, 0.1) is 0 Å².